The number of aliphatic imine (C=N–C) groups is 2. The summed E-state index contributed by atoms with van der Waals surface area (Å²) in [5.74, 6) is 10.3. The normalized spacial score (nSPS) is 10.7. The quantitative estimate of drug-likeness (QED) is 0.126. The lowest BCUT2D eigenvalue weighted by Crippen LogP contribution is -2.01. The van der Waals surface area contributed by atoms with E-state index in [1.807, 2.05) is 109 Å². The van der Waals surface area contributed by atoms with Gasteiger partial charge in [-0.05, 0) is 101 Å². The number of benzene rings is 6. The molecule has 0 aliphatic carbocycles. The van der Waals surface area contributed by atoms with Crippen molar-refractivity contribution >= 4 is 35.7 Å². The van der Waals surface area contributed by atoms with Crippen molar-refractivity contribution in [2.75, 3.05) is 0 Å². The molecular formula is C45H30N2O4. The maximum atomic E-state index is 12.2. The average Bonchev–Trinajstić information content (AvgIpc) is 3.16. The summed E-state index contributed by atoms with van der Waals surface area (Å²) < 4.78 is 0. The molecule has 6 nitrogen and oxygen atoms in total. The first kappa shape index (κ1) is 33.6. The Balaban J connectivity index is 1.13. The van der Waals surface area contributed by atoms with Crippen LogP contribution in [0.1, 0.15) is 65.2 Å². The Morgan fingerprint density at radius 2 is 0.824 bits per heavy atom. The minimum atomic E-state index is -1.11. The minimum Gasteiger partial charge on any atom is -0.478 e. The van der Waals surface area contributed by atoms with Gasteiger partial charge in [-0.25, -0.2) is 9.59 Å². The van der Waals surface area contributed by atoms with Crippen LogP contribution in [0.4, 0.5) is 11.4 Å². The van der Waals surface area contributed by atoms with Gasteiger partial charge in [0.1, 0.15) is 0 Å². The number of carboxylic acids is 2. The summed E-state index contributed by atoms with van der Waals surface area (Å²) in [7, 11) is 0. The van der Waals surface area contributed by atoms with Gasteiger partial charge in [0, 0.05) is 34.7 Å². The van der Waals surface area contributed by atoms with E-state index in [0.717, 1.165) is 33.4 Å². The van der Waals surface area contributed by atoms with Gasteiger partial charge in [-0.2, -0.15) is 0 Å². The van der Waals surface area contributed by atoms with Crippen molar-refractivity contribution in [3.05, 3.63) is 201 Å². The summed E-state index contributed by atoms with van der Waals surface area (Å²) in [6, 6.07) is 44.6. The summed E-state index contributed by atoms with van der Waals surface area (Å²) >= 11 is 0. The smallest absolute Gasteiger partial charge is 0.337 e. The predicted octanol–water partition coefficient (Wildman–Crippen LogP) is 8.97. The van der Waals surface area contributed by atoms with E-state index in [2.05, 4.69) is 33.7 Å². The third-order valence-electron chi connectivity index (χ3n) is 7.77. The summed E-state index contributed by atoms with van der Waals surface area (Å²) in [6.07, 6.45) is 3.55. The molecule has 51 heavy (non-hydrogen) atoms. The highest BCUT2D eigenvalue weighted by Crippen LogP contribution is 2.26. The van der Waals surface area contributed by atoms with E-state index in [1.165, 1.54) is 0 Å². The van der Waals surface area contributed by atoms with E-state index < -0.39 is 11.9 Å². The largest absolute Gasteiger partial charge is 0.478 e. The molecule has 0 atom stereocenters. The lowest BCUT2D eigenvalue weighted by atomic mass is 9.99. The molecule has 6 aromatic rings. The van der Waals surface area contributed by atoms with Gasteiger partial charge in [0.05, 0.1) is 22.5 Å². The van der Waals surface area contributed by atoms with Crippen LogP contribution in [0.25, 0.3) is 0 Å². The fraction of sp³-hybridized carbons (Fsp3) is 0.0222. The molecule has 2 N–H and O–H groups in total. The Morgan fingerprint density at radius 1 is 0.471 bits per heavy atom. The van der Waals surface area contributed by atoms with Gasteiger partial charge in [-0.1, -0.05) is 96.5 Å². The van der Waals surface area contributed by atoms with E-state index in [0.29, 0.717) is 28.9 Å². The molecule has 6 heteroatoms. The Labute approximate surface area is 296 Å². The van der Waals surface area contributed by atoms with Crippen LogP contribution in [-0.2, 0) is 6.42 Å². The van der Waals surface area contributed by atoms with E-state index in [-0.39, 0.29) is 11.1 Å². The maximum absolute atomic E-state index is 12.2. The molecule has 0 bridgehead atoms. The van der Waals surface area contributed by atoms with Gasteiger partial charge in [0.25, 0.3) is 0 Å². The summed E-state index contributed by atoms with van der Waals surface area (Å²) in [6.45, 7) is 0. The Kier molecular flexibility index (Phi) is 10.7. The first-order valence-corrected chi connectivity index (χ1v) is 16.0. The molecule has 0 saturated heterocycles. The van der Waals surface area contributed by atoms with Crippen molar-refractivity contribution in [3.8, 4) is 23.7 Å². The monoisotopic (exact) mass is 662 g/mol. The molecule has 6 aromatic carbocycles. The molecule has 244 valence electrons. The zero-order chi connectivity index (χ0) is 35.4. The molecule has 0 saturated carbocycles. The van der Waals surface area contributed by atoms with E-state index >= 15 is 0 Å². The van der Waals surface area contributed by atoms with E-state index in [9.17, 15) is 19.8 Å². The third-order valence-corrected chi connectivity index (χ3v) is 7.77. The lowest BCUT2D eigenvalue weighted by molar-refractivity contribution is 0.0687. The van der Waals surface area contributed by atoms with Crippen molar-refractivity contribution < 1.29 is 19.8 Å². The summed E-state index contributed by atoms with van der Waals surface area (Å²) in [4.78, 5) is 33.2. The van der Waals surface area contributed by atoms with Crippen LogP contribution in [0.15, 0.2) is 156 Å². The molecule has 0 heterocycles. The molecule has 0 radical (unpaired) electrons. The van der Waals surface area contributed by atoms with Gasteiger partial charge < -0.3 is 10.2 Å². The fourth-order valence-electron chi connectivity index (χ4n) is 5.11. The average molecular weight is 663 g/mol. The number of nitrogens with zero attached hydrogens (tertiary/aromatic N) is 2. The highest BCUT2D eigenvalue weighted by Gasteiger charge is 2.14. The standard InChI is InChI=1S/C45H30N2O4/c48-44(49)40-28-38(23-25-42(40)46-30-36-19-15-34(16-20-36)13-11-32-7-3-1-4-8-32)27-39-24-26-43(41(29-39)45(50)51)47-31-37-21-17-35(18-22-37)14-12-33-9-5-2-6-10-33/h1-10,15-26,28-31H,27H2,(H,48,49)(H,50,51). The molecule has 6 rings (SSSR count). The number of carboxylic acid groups (broad SMARTS) is 2. The van der Waals surface area contributed by atoms with Gasteiger partial charge in [0.15, 0.2) is 0 Å². The van der Waals surface area contributed by atoms with Gasteiger partial charge in [-0.3, -0.25) is 9.98 Å². The highest BCUT2D eigenvalue weighted by atomic mass is 16.4. The molecule has 0 unspecified atom stereocenters. The van der Waals surface area contributed by atoms with Crippen LogP contribution < -0.4 is 0 Å². The third kappa shape index (κ3) is 9.42. The van der Waals surface area contributed by atoms with Crippen LogP contribution in [0, 0.1) is 23.7 Å². The van der Waals surface area contributed by atoms with Crippen molar-refractivity contribution in [2.24, 2.45) is 9.98 Å². The van der Waals surface area contributed by atoms with Crippen LogP contribution >= 0.6 is 0 Å². The van der Waals surface area contributed by atoms with Crippen molar-refractivity contribution in [2.45, 2.75) is 6.42 Å². The SMILES string of the molecule is O=C(O)c1cc(Cc2ccc(N=Cc3ccc(C#Cc4ccccc4)cc3)c(C(=O)O)c2)ccc1N=Cc1ccc(C#Cc2ccccc2)cc1. The number of aromatic carboxylic acids is 2. The second-order valence-corrected chi connectivity index (χ2v) is 11.5. The van der Waals surface area contributed by atoms with Gasteiger partial charge in [0.2, 0.25) is 0 Å². The molecule has 0 amide bonds. The summed E-state index contributed by atoms with van der Waals surface area (Å²) in [5.41, 5.74) is 7.30. The van der Waals surface area contributed by atoms with Crippen LogP contribution in [-0.4, -0.2) is 34.6 Å². The summed E-state index contributed by atoms with van der Waals surface area (Å²) in [5, 5.41) is 19.9. The molecule has 0 spiro atoms. The second kappa shape index (κ2) is 16.2. The first-order valence-electron chi connectivity index (χ1n) is 16.0. The lowest BCUT2D eigenvalue weighted by Gasteiger charge is -2.08. The van der Waals surface area contributed by atoms with E-state index in [1.54, 1.807) is 48.8 Å². The Bertz CT molecular complexity index is 2200. The van der Waals surface area contributed by atoms with Gasteiger partial charge >= 0.3 is 11.9 Å². The minimum absolute atomic E-state index is 0.0471. The second-order valence-electron chi connectivity index (χ2n) is 11.5. The van der Waals surface area contributed by atoms with Gasteiger partial charge in [-0.15, -0.1) is 0 Å². The molecular weight excluding hydrogens is 633 g/mol. The van der Waals surface area contributed by atoms with Crippen LogP contribution in [0.2, 0.25) is 0 Å². The van der Waals surface area contributed by atoms with Crippen LogP contribution in [0.3, 0.4) is 0 Å². The number of hydrogen-bond donors (Lipinski definition) is 2. The van der Waals surface area contributed by atoms with E-state index in [4.69, 9.17) is 0 Å². The molecule has 0 aliphatic rings. The van der Waals surface area contributed by atoms with Crippen LogP contribution in [0.5, 0.6) is 0 Å². The van der Waals surface area contributed by atoms with Crippen molar-refractivity contribution in [1.29, 1.82) is 0 Å². The number of rotatable bonds is 8. The number of hydrogen-bond acceptors (Lipinski definition) is 4. The first-order chi connectivity index (χ1) is 24.9. The molecule has 0 fully saturated rings. The molecule has 0 aromatic heterocycles. The topological polar surface area (TPSA) is 99.3 Å². The fourth-order valence-corrected chi connectivity index (χ4v) is 5.11. The predicted molar refractivity (Wildman–Crippen MR) is 202 cm³/mol. The maximum Gasteiger partial charge on any atom is 0.337 e. The highest BCUT2D eigenvalue weighted by molar-refractivity contribution is 5.96. The molecule has 0 aliphatic heterocycles. The number of carbonyl (C=O) groups is 2. The van der Waals surface area contributed by atoms with Crippen molar-refractivity contribution in [1.82, 2.24) is 0 Å². The zero-order valence-electron chi connectivity index (χ0n) is 27.3. The Hall–Kier alpha value is -7.28. The Morgan fingerprint density at radius 3 is 1.18 bits per heavy atom. The zero-order valence-corrected chi connectivity index (χ0v) is 27.3. The van der Waals surface area contributed by atoms with Crippen molar-refractivity contribution in [3.63, 3.8) is 0 Å².